The number of esters is 1. The second-order valence-electron chi connectivity index (χ2n) is 3.30. The lowest BCUT2D eigenvalue weighted by molar-refractivity contribution is 0.0595. The fourth-order valence-electron chi connectivity index (χ4n) is 1.32. The van der Waals surface area contributed by atoms with E-state index in [-0.39, 0.29) is 5.97 Å². The van der Waals surface area contributed by atoms with Gasteiger partial charge in [0.2, 0.25) is 0 Å². The third-order valence-corrected chi connectivity index (χ3v) is 2.18. The minimum absolute atomic E-state index is 0.390. The molecular formula is C11H11N3O2. The van der Waals surface area contributed by atoms with Gasteiger partial charge in [-0.25, -0.2) is 14.8 Å². The lowest BCUT2D eigenvalue weighted by Gasteiger charge is -1.98. The smallest absolute Gasteiger partial charge is 0.354 e. The summed E-state index contributed by atoms with van der Waals surface area (Å²) in [6.45, 7) is 1.82. The van der Waals surface area contributed by atoms with Crippen molar-refractivity contribution in [1.29, 1.82) is 0 Å². The van der Waals surface area contributed by atoms with Crippen molar-refractivity contribution in [3.8, 4) is 11.3 Å². The Balaban J connectivity index is 2.31. The molecule has 82 valence electrons. The average Bonchev–Trinajstić information content (AvgIpc) is 2.78. The number of aromatic nitrogens is 3. The number of methoxy groups -OCH3 is 1. The van der Waals surface area contributed by atoms with Gasteiger partial charge in [0.15, 0.2) is 0 Å². The van der Waals surface area contributed by atoms with Gasteiger partial charge in [0.25, 0.3) is 0 Å². The number of rotatable bonds is 2. The molecule has 0 radical (unpaired) electrons. The summed E-state index contributed by atoms with van der Waals surface area (Å²) in [6.07, 6.45) is 3.41. The van der Waals surface area contributed by atoms with Crippen molar-refractivity contribution in [2.24, 2.45) is 0 Å². The number of carbonyl (C=O) groups is 1. The standard InChI is InChI=1S/C11H11N3O2/c1-7-12-5-8(6-13-7)9-3-4-10(14-9)11(15)16-2/h3-6,14H,1-2H3. The van der Waals surface area contributed by atoms with Crippen LogP contribution in [-0.2, 0) is 4.74 Å². The average molecular weight is 217 g/mol. The van der Waals surface area contributed by atoms with Crippen molar-refractivity contribution in [3.63, 3.8) is 0 Å². The Morgan fingerprint density at radius 2 is 2.00 bits per heavy atom. The van der Waals surface area contributed by atoms with Crippen LogP contribution in [0, 0.1) is 6.92 Å². The minimum Gasteiger partial charge on any atom is -0.464 e. The largest absolute Gasteiger partial charge is 0.464 e. The zero-order valence-electron chi connectivity index (χ0n) is 9.02. The SMILES string of the molecule is COC(=O)c1ccc(-c2cnc(C)nc2)[nH]1. The maximum absolute atomic E-state index is 11.2. The second kappa shape index (κ2) is 4.14. The van der Waals surface area contributed by atoms with E-state index < -0.39 is 0 Å². The summed E-state index contributed by atoms with van der Waals surface area (Å²) in [5.41, 5.74) is 2.04. The van der Waals surface area contributed by atoms with Gasteiger partial charge in [0.1, 0.15) is 11.5 Å². The van der Waals surface area contributed by atoms with E-state index in [1.165, 1.54) is 7.11 Å². The molecular weight excluding hydrogens is 206 g/mol. The molecule has 1 N–H and O–H groups in total. The summed E-state index contributed by atoms with van der Waals surface area (Å²) in [5, 5.41) is 0. The van der Waals surface area contributed by atoms with Crippen molar-refractivity contribution >= 4 is 5.97 Å². The topological polar surface area (TPSA) is 67.9 Å². The summed E-state index contributed by atoms with van der Waals surface area (Å²) in [4.78, 5) is 22.3. The first-order chi connectivity index (χ1) is 7.70. The molecule has 0 aliphatic heterocycles. The number of carbonyl (C=O) groups excluding carboxylic acids is 1. The number of aryl methyl sites for hydroxylation is 1. The quantitative estimate of drug-likeness (QED) is 0.775. The molecule has 0 amide bonds. The van der Waals surface area contributed by atoms with Crippen LogP contribution < -0.4 is 0 Å². The predicted molar refractivity (Wildman–Crippen MR) is 57.9 cm³/mol. The van der Waals surface area contributed by atoms with Gasteiger partial charge in [-0.2, -0.15) is 0 Å². The Hall–Kier alpha value is -2.17. The maximum atomic E-state index is 11.2. The zero-order valence-corrected chi connectivity index (χ0v) is 9.02. The van der Waals surface area contributed by atoms with Crippen LogP contribution in [0.25, 0.3) is 11.3 Å². The van der Waals surface area contributed by atoms with Crippen LogP contribution in [0.2, 0.25) is 0 Å². The number of nitrogens with one attached hydrogen (secondary N) is 1. The molecule has 0 spiro atoms. The van der Waals surface area contributed by atoms with Gasteiger partial charge in [-0.1, -0.05) is 0 Å². The number of nitrogens with zero attached hydrogens (tertiary/aromatic N) is 2. The van der Waals surface area contributed by atoms with E-state index in [9.17, 15) is 4.79 Å². The molecule has 0 aromatic carbocycles. The van der Waals surface area contributed by atoms with Gasteiger partial charge in [0.05, 0.1) is 7.11 Å². The molecule has 2 aromatic rings. The summed E-state index contributed by atoms with van der Waals surface area (Å²) in [7, 11) is 1.35. The lowest BCUT2D eigenvalue weighted by atomic mass is 10.2. The third-order valence-electron chi connectivity index (χ3n) is 2.18. The highest BCUT2D eigenvalue weighted by atomic mass is 16.5. The van der Waals surface area contributed by atoms with E-state index in [4.69, 9.17) is 0 Å². The van der Waals surface area contributed by atoms with Crippen LogP contribution in [0.4, 0.5) is 0 Å². The second-order valence-corrected chi connectivity index (χ2v) is 3.30. The van der Waals surface area contributed by atoms with Gasteiger partial charge in [-0.05, 0) is 19.1 Å². The number of ether oxygens (including phenoxy) is 1. The van der Waals surface area contributed by atoms with Crippen molar-refractivity contribution in [3.05, 3.63) is 36.0 Å². The van der Waals surface area contributed by atoms with E-state index in [0.717, 1.165) is 11.3 Å². The summed E-state index contributed by atoms with van der Waals surface area (Å²) >= 11 is 0. The van der Waals surface area contributed by atoms with E-state index in [0.29, 0.717) is 11.5 Å². The van der Waals surface area contributed by atoms with Crippen LogP contribution in [0.15, 0.2) is 24.5 Å². The van der Waals surface area contributed by atoms with E-state index in [1.54, 1.807) is 24.5 Å². The molecule has 0 atom stereocenters. The number of hydrogen-bond acceptors (Lipinski definition) is 4. The monoisotopic (exact) mass is 217 g/mol. The van der Waals surface area contributed by atoms with Gasteiger partial charge in [-0.3, -0.25) is 0 Å². The van der Waals surface area contributed by atoms with E-state index in [1.807, 2.05) is 6.92 Å². The first kappa shape index (κ1) is 10.4. The zero-order chi connectivity index (χ0) is 11.5. The molecule has 2 aromatic heterocycles. The fourth-order valence-corrected chi connectivity index (χ4v) is 1.32. The molecule has 0 bridgehead atoms. The summed E-state index contributed by atoms with van der Waals surface area (Å²) < 4.78 is 4.60. The van der Waals surface area contributed by atoms with Crippen LogP contribution in [-0.4, -0.2) is 28.0 Å². The molecule has 0 saturated heterocycles. The van der Waals surface area contributed by atoms with Crippen LogP contribution >= 0.6 is 0 Å². The van der Waals surface area contributed by atoms with Gasteiger partial charge >= 0.3 is 5.97 Å². The molecule has 2 heterocycles. The Kier molecular flexibility index (Phi) is 2.68. The molecule has 5 nitrogen and oxygen atoms in total. The van der Waals surface area contributed by atoms with Crippen LogP contribution in [0.3, 0.4) is 0 Å². The molecule has 0 aliphatic carbocycles. The van der Waals surface area contributed by atoms with E-state index >= 15 is 0 Å². The highest BCUT2D eigenvalue weighted by Crippen LogP contribution is 2.16. The lowest BCUT2D eigenvalue weighted by Crippen LogP contribution is -2.01. The first-order valence-corrected chi connectivity index (χ1v) is 4.77. The highest BCUT2D eigenvalue weighted by molar-refractivity contribution is 5.88. The molecule has 16 heavy (non-hydrogen) atoms. The van der Waals surface area contributed by atoms with Crippen LogP contribution in [0.5, 0.6) is 0 Å². The number of aromatic amines is 1. The van der Waals surface area contributed by atoms with Crippen molar-refractivity contribution in [1.82, 2.24) is 15.0 Å². The maximum Gasteiger partial charge on any atom is 0.354 e. The summed E-state index contributed by atoms with van der Waals surface area (Å²) in [6, 6.07) is 3.46. The van der Waals surface area contributed by atoms with Crippen molar-refractivity contribution in [2.45, 2.75) is 6.92 Å². The molecule has 0 saturated carbocycles. The Labute approximate surface area is 92.5 Å². The first-order valence-electron chi connectivity index (χ1n) is 4.77. The molecule has 0 aliphatic rings. The van der Waals surface area contributed by atoms with Gasteiger partial charge in [0, 0.05) is 23.7 Å². The van der Waals surface area contributed by atoms with Gasteiger partial charge < -0.3 is 9.72 Å². The van der Waals surface area contributed by atoms with Crippen LogP contribution in [0.1, 0.15) is 16.3 Å². The summed E-state index contributed by atoms with van der Waals surface area (Å²) in [5.74, 6) is 0.322. The fraction of sp³-hybridized carbons (Fsp3) is 0.182. The molecule has 0 unspecified atom stereocenters. The van der Waals surface area contributed by atoms with E-state index in [2.05, 4.69) is 19.7 Å². The van der Waals surface area contributed by atoms with Crippen molar-refractivity contribution < 1.29 is 9.53 Å². The highest BCUT2D eigenvalue weighted by Gasteiger charge is 2.09. The Bertz CT molecular complexity index is 502. The van der Waals surface area contributed by atoms with Gasteiger partial charge in [-0.15, -0.1) is 0 Å². The van der Waals surface area contributed by atoms with Crippen molar-refractivity contribution in [2.75, 3.05) is 7.11 Å². The molecule has 5 heteroatoms. The molecule has 2 rings (SSSR count). The predicted octanol–water partition coefficient (Wildman–Crippen LogP) is 1.57. The minimum atomic E-state index is -0.390. The Morgan fingerprint density at radius 1 is 1.31 bits per heavy atom. The third kappa shape index (κ3) is 1.93. The number of hydrogen-bond donors (Lipinski definition) is 1. The normalized spacial score (nSPS) is 10.1. The molecule has 0 fully saturated rings. The number of H-pyrrole nitrogens is 1. The Morgan fingerprint density at radius 3 is 2.62 bits per heavy atom.